The number of nitrogens with one attached hydrogen (secondary N) is 2. The van der Waals surface area contributed by atoms with Crippen molar-refractivity contribution in [2.45, 2.75) is 57.7 Å². The van der Waals surface area contributed by atoms with Gasteiger partial charge in [0, 0.05) is 43.3 Å². The van der Waals surface area contributed by atoms with Gasteiger partial charge in [0.15, 0.2) is 0 Å². The highest BCUT2D eigenvalue weighted by molar-refractivity contribution is 5.96. The van der Waals surface area contributed by atoms with E-state index in [1.165, 1.54) is 0 Å². The van der Waals surface area contributed by atoms with Gasteiger partial charge in [-0.2, -0.15) is 18.2 Å². The summed E-state index contributed by atoms with van der Waals surface area (Å²) in [5.41, 5.74) is 1.12. The number of aromatic nitrogens is 5. The summed E-state index contributed by atoms with van der Waals surface area (Å²) >= 11 is 0. The van der Waals surface area contributed by atoms with Gasteiger partial charge in [0.05, 0.1) is 23.8 Å². The zero-order valence-electron chi connectivity index (χ0n) is 23.2. The molecular weight excluding hydrogens is 544 g/mol. The summed E-state index contributed by atoms with van der Waals surface area (Å²) in [6, 6.07) is 5.98. The topological polar surface area (TPSA) is 106 Å². The Morgan fingerprint density at radius 2 is 2.00 bits per heavy atom. The standard InChI is InChI=1S/C27H32F4N8O2/c1-15(2)25-34-20(13-38(25)4)26(40)32-11-23-35-24(36-41-23)22-10-16-18(33-19-8-9-37(3)12-17(19)28)6-5-7-21(16)39(22)14-27(29,30)31/h5-7,10,13,15,17,19,33H,8-9,11-12,14H2,1-4H3,(H,32,40)/t17-,19+/m0/s1. The molecule has 1 aliphatic rings. The number of amides is 1. The molecule has 4 aromatic rings. The summed E-state index contributed by atoms with van der Waals surface area (Å²) in [7, 11) is 3.65. The monoisotopic (exact) mass is 576 g/mol. The number of rotatable bonds is 8. The fourth-order valence-electron chi connectivity index (χ4n) is 5.17. The molecule has 2 atom stereocenters. The molecule has 1 aromatic carbocycles. The molecule has 41 heavy (non-hydrogen) atoms. The van der Waals surface area contributed by atoms with E-state index >= 15 is 0 Å². The van der Waals surface area contributed by atoms with Crippen LogP contribution in [0.2, 0.25) is 0 Å². The third-order valence-corrected chi connectivity index (χ3v) is 7.13. The summed E-state index contributed by atoms with van der Waals surface area (Å²) in [5.74, 6) is 0.376. The van der Waals surface area contributed by atoms with Gasteiger partial charge in [0.25, 0.3) is 5.91 Å². The Balaban J connectivity index is 1.40. The molecule has 0 bridgehead atoms. The molecule has 0 unspecified atom stereocenters. The Hall–Kier alpha value is -3.94. The zero-order valence-corrected chi connectivity index (χ0v) is 23.2. The highest BCUT2D eigenvalue weighted by atomic mass is 19.4. The van der Waals surface area contributed by atoms with Crippen molar-refractivity contribution < 1.29 is 26.9 Å². The first-order chi connectivity index (χ1) is 19.4. The van der Waals surface area contributed by atoms with Crippen LogP contribution in [0.25, 0.3) is 22.4 Å². The minimum Gasteiger partial charge on any atom is -0.379 e. The van der Waals surface area contributed by atoms with Crippen molar-refractivity contribution in [1.82, 2.24) is 34.5 Å². The molecule has 0 radical (unpaired) electrons. The average molecular weight is 577 g/mol. The van der Waals surface area contributed by atoms with Crippen LogP contribution in [-0.2, 0) is 20.1 Å². The third kappa shape index (κ3) is 6.21. The van der Waals surface area contributed by atoms with Gasteiger partial charge in [-0.25, -0.2) is 9.37 Å². The number of imidazole rings is 1. The molecular formula is C27H32F4N8O2. The van der Waals surface area contributed by atoms with Crippen molar-refractivity contribution >= 4 is 22.5 Å². The lowest BCUT2D eigenvalue weighted by Gasteiger charge is -2.33. The van der Waals surface area contributed by atoms with Gasteiger partial charge in [0.2, 0.25) is 11.7 Å². The van der Waals surface area contributed by atoms with Crippen LogP contribution in [0.5, 0.6) is 0 Å². The van der Waals surface area contributed by atoms with Crippen molar-refractivity contribution in [3.05, 3.63) is 47.9 Å². The molecule has 14 heteroatoms. The lowest BCUT2D eigenvalue weighted by Crippen LogP contribution is -2.46. The van der Waals surface area contributed by atoms with E-state index in [9.17, 15) is 22.4 Å². The van der Waals surface area contributed by atoms with Gasteiger partial charge in [-0.05, 0) is 31.7 Å². The third-order valence-electron chi connectivity index (χ3n) is 7.13. The fourth-order valence-corrected chi connectivity index (χ4v) is 5.17. The minimum absolute atomic E-state index is 0.0159. The van der Waals surface area contributed by atoms with Crippen molar-refractivity contribution in [1.29, 1.82) is 0 Å². The number of nitrogens with zero attached hydrogens (tertiary/aromatic N) is 6. The van der Waals surface area contributed by atoms with Crippen LogP contribution in [0.3, 0.4) is 0 Å². The molecule has 10 nitrogen and oxygen atoms in total. The number of aryl methyl sites for hydroxylation is 1. The molecule has 1 fully saturated rings. The first kappa shape index (κ1) is 28.6. The predicted molar refractivity (Wildman–Crippen MR) is 144 cm³/mol. The van der Waals surface area contributed by atoms with Crippen molar-refractivity contribution in [3.63, 3.8) is 0 Å². The quantitative estimate of drug-likeness (QED) is 0.298. The highest BCUT2D eigenvalue weighted by Gasteiger charge is 2.32. The van der Waals surface area contributed by atoms with Crippen LogP contribution in [-0.4, -0.2) is 73.6 Å². The predicted octanol–water partition coefficient (Wildman–Crippen LogP) is 4.49. The van der Waals surface area contributed by atoms with E-state index in [1.54, 1.807) is 42.1 Å². The number of piperidine rings is 1. The van der Waals surface area contributed by atoms with E-state index in [4.69, 9.17) is 4.52 Å². The van der Waals surface area contributed by atoms with Gasteiger partial charge >= 0.3 is 6.18 Å². The first-order valence-corrected chi connectivity index (χ1v) is 13.3. The van der Waals surface area contributed by atoms with Crippen molar-refractivity contribution in [2.24, 2.45) is 7.05 Å². The Bertz CT molecular complexity index is 1540. The number of halogens is 4. The van der Waals surface area contributed by atoms with Gasteiger partial charge in [0.1, 0.15) is 24.2 Å². The molecule has 220 valence electrons. The number of carbonyl (C=O) groups excluding carboxylic acids is 1. The molecule has 1 aliphatic heterocycles. The largest absolute Gasteiger partial charge is 0.406 e. The first-order valence-electron chi connectivity index (χ1n) is 13.3. The summed E-state index contributed by atoms with van der Waals surface area (Å²) < 4.78 is 63.8. The Morgan fingerprint density at radius 3 is 2.68 bits per heavy atom. The van der Waals surface area contributed by atoms with E-state index in [2.05, 4.69) is 25.8 Å². The second-order valence-electron chi connectivity index (χ2n) is 10.7. The summed E-state index contributed by atoms with van der Waals surface area (Å²) in [4.78, 5) is 23.1. The van der Waals surface area contributed by atoms with Crippen LogP contribution < -0.4 is 10.6 Å². The van der Waals surface area contributed by atoms with Gasteiger partial charge in [-0.15, -0.1) is 0 Å². The number of hydrogen-bond acceptors (Lipinski definition) is 7. The number of likely N-dealkylation sites (tertiary alicyclic amines) is 1. The Morgan fingerprint density at radius 1 is 1.22 bits per heavy atom. The van der Waals surface area contributed by atoms with E-state index < -0.39 is 30.8 Å². The highest BCUT2D eigenvalue weighted by Crippen LogP contribution is 2.35. The Kier molecular flexibility index (Phi) is 7.77. The van der Waals surface area contributed by atoms with Gasteiger partial charge in [-0.1, -0.05) is 25.1 Å². The summed E-state index contributed by atoms with van der Waals surface area (Å²) in [6.45, 7) is 3.49. The number of anilines is 1. The molecule has 1 amide bonds. The SMILES string of the molecule is CC(C)c1nc(C(=O)NCc2nc(-c3cc4c(N[C@@H]5CCN(C)C[C@@H]5F)cccc4n3CC(F)(F)F)no2)cn1C. The molecule has 2 N–H and O–H groups in total. The van der Waals surface area contributed by atoms with E-state index in [1.807, 2.05) is 25.8 Å². The van der Waals surface area contributed by atoms with Crippen LogP contribution in [0, 0.1) is 0 Å². The van der Waals surface area contributed by atoms with Crippen LogP contribution in [0.15, 0.2) is 35.0 Å². The average Bonchev–Trinajstić information content (AvgIpc) is 3.61. The fraction of sp³-hybridized carbons (Fsp3) is 0.481. The number of fused-ring (bicyclic) bond motifs is 1. The lowest BCUT2D eigenvalue weighted by molar-refractivity contribution is -0.139. The zero-order chi connectivity index (χ0) is 29.5. The molecule has 3 aromatic heterocycles. The van der Waals surface area contributed by atoms with E-state index in [0.29, 0.717) is 29.6 Å². The van der Waals surface area contributed by atoms with E-state index in [0.717, 1.165) is 10.4 Å². The maximum Gasteiger partial charge on any atom is 0.406 e. The molecule has 5 rings (SSSR count). The smallest absolute Gasteiger partial charge is 0.379 e. The lowest BCUT2D eigenvalue weighted by atomic mass is 10.0. The number of carbonyl (C=O) groups is 1. The summed E-state index contributed by atoms with van der Waals surface area (Å²) in [6.07, 6.45) is -3.48. The van der Waals surface area contributed by atoms with Gasteiger partial charge < -0.3 is 29.2 Å². The van der Waals surface area contributed by atoms with Crippen molar-refractivity contribution in [3.8, 4) is 11.5 Å². The maximum atomic E-state index is 14.7. The second-order valence-corrected chi connectivity index (χ2v) is 10.7. The molecule has 0 aliphatic carbocycles. The minimum atomic E-state index is -4.53. The van der Waals surface area contributed by atoms with Crippen LogP contribution >= 0.6 is 0 Å². The summed E-state index contributed by atoms with van der Waals surface area (Å²) in [5, 5.41) is 10.2. The van der Waals surface area contributed by atoms with Gasteiger partial charge in [-0.3, -0.25) is 4.79 Å². The second kappa shape index (κ2) is 11.1. The molecule has 0 spiro atoms. The van der Waals surface area contributed by atoms with E-state index in [-0.39, 0.29) is 42.1 Å². The number of hydrogen-bond donors (Lipinski definition) is 2. The van der Waals surface area contributed by atoms with Crippen LogP contribution in [0.1, 0.15) is 48.4 Å². The number of benzene rings is 1. The molecule has 4 heterocycles. The molecule has 1 saturated heterocycles. The maximum absolute atomic E-state index is 14.7. The Labute approximate surface area is 233 Å². The molecule has 0 saturated carbocycles. The van der Waals surface area contributed by atoms with Crippen molar-refractivity contribution in [2.75, 3.05) is 25.5 Å². The number of alkyl halides is 4. The van der Waals surface area contributed by atoms with Crippen LogP contribution in [0.4, 0.5) is 23.2 Å². The normalized spacial score (nSPS) is 18.4.